The van der Waals surface area contributed by atoms with Crippen molar-refractivity contribution in [1.82, 2.24) is 9.80 Å². The lowest BCUT2D eigenvalue weighted by molar-refractivity contribution is -0.0373. The van der Waals surface area contributed by atoms with Gasteiger partial charge in [0.1, 0.15) is 5.82 Å². The van der Waals surface area contributed by atoms with Gasteiger partial charge >= 0.3 is 0 Å². The van der Waals surface area contributed by atoms with Crippen LogP contribution in [0.1, 0.15) is 25.8 Å². The van der Waals surface area contributed by atoms with Crippen molar-refractivity contribution in [1.29, 1.82) is 0 Å². The Kier molecular flexibility index (Phi) is 5.36. The van der Waals surface area contributed by atoms with Gasteiger partial charge in [0.05, 0.1) is 5.60 Å². The molecule has 1 saturated heterocycles. The van der Waals surface area contributed by atoms with Gasteiger partial charge in [0.2, 0.25) is 0 Å². The molecule has 0 spiro atoms. The molecular weight excluding hydrogens is 267 g/mol. The molecule has 1 fully saturated rings. The normalized spacial score (nSPS) is 22.0. The van der Waals surface area contributed by atoms with Gasteiger partial charge in [-0.25, -0.2) is 4.39 Å². The number of hydrogen-bond acceptors (Lipinski definition) is 3. The van der Waals surface area contributed by atoms with Crippen molar-refractivity contribution < 1.29 is 9.50 Å². The van der Waals surface area contributed by atoms with Crippen LogP contribution in [0.2, 0.25) is 0 Å². The summed E-state index contributed by atoms with van der Waals surface area (Å²) in [6.07, 6.45) is 0.589. The molecule has 1 N–H and O–H groups in total. The predicted octanol–water partition coefficient (Wildman–Crippen LogP) is 2.31. The average molecular weight is 294 g/mol. The van der Waals surface area contributed by atoms with Crippen LogP contribution < -0.4 is 0 Å². The molecule has 2 atom stereocenters. The minimum Gasteiger partial charge on any atom is -0.385 e. The van der Waals surface area contributed by atoms with Crippen molar-refractivity contribution in [3.05, 3.63) is 35.6 Å². The Bertz CT molecular complexity index is 460. The Labute approximate surface area is 127 Å². The number of hydrogen-bond donors (Lipinski definition) is 1. The van der Waals surface area contributed by atoms with Crippen molar-refractivity contribution in [2.75, 3.05) is 39.8 Å². The van der Waals surface area contributed by atoms with Crippen LogP contribution in [0.4, 0.5) is 4.39 Å². The van der Waals surface area contributed by atoms with Gasteiger partial charge in [0, 0.05) is 38.6 Å². The van der Waals surface area contributed by atoms with Gasteiger partial charge in [0.15, 0.2) is 0 Å². The zero-order valence-electron chi connectivity index (χ0n) is 13.3. The van der Waals surface area contributed by atoms with Gasteiger partial charge in [-0.05, 0) is 31.2 Å². The maximum absolute atomic E-state index is 13.5. The topological polar surface area (TPSA) is 26.7 Å². The van der Waals surface area contributed by atoms with Gasteiger partial charge in [-0.2, -0.15) is 0 Å². The minimum atomic E-state index is -0.967. The van der Waals surface area contributed by atoms with E-state index in [1.807, 2.05) is 13.0 Å². The van der Waals surface area contributed by atoms with Crippen LogP contribution in [0, 0.1) is 11.7 Å². The van der Waals surface area contributed by atoms with Crippen LogP contribution in [0.3, 0.4) is 0 Å². The van der Waals surface area contributed by atoms with E-state index in [2.05, 4.69) is 23.8 Å². The molecule has 2 rings (SSSR count). The van der Waals surface area contributed by atoms with E-state index < -0.39 is 5.60 Å². The quantitative estimate of drug-likeness (QED) is 0.903. The third kappa shape index (κ3) is 3.82. The Morgan fingerprint density at radius 2 is 1.95 bits per heavy atom. The lowest BCUT2D eigenvalue weighted by Gasteiger charge is -2.39. The molecule has 1 aliphatic rings. The van der Waals surface area contributed by atoms with E-state index in [1.165, 1.54) is 12.1 Å². The molecule has 0 aliphatic carbocycles. The largest absolute Gasteiger partial charge is 0.385 e. The van der Waals surface area contributed by atoms with E-state index in [1.54, 1.807) is 6.07 Å². The van der Waals surface area contributed by atoms with E-state index in [9.17, 15) is 9.50 Å². The van der Waals surface area contributed by atoms with Crippen molar-refractivity contribution in [2.24, 2.45) is 5.92 Å². The predicted molar refractivity (Wildman–Crippen MR) is 83.7 cm³/mol. The second-order valence-corrected chi connectivity index (χ2v) is 6.29. The highest BCUT2D eigenvalue weighted by Gasteiger charge is 2.35. The SMILES string of the molecule is CCC(O)(c1cccc(F)c1)C(C)CN1CCN(C)CC1. The third-order valence-electron chi connectivity index (χ3n) is 4.81. The monoisotopic (exact) mass is 294 g/mol. The van der Waals surface area contributed by atoms with Crippen molar-refractivity contribution in [2.45, 2.75) is 25.9 Å². The summed E-state index contributed by atoms with van der Waals surface area (Å²) in [4.78, 5) is 4.71. The van der Waals surface area contributed by atoms with E-state index >= 15 is 0 Å². The highest BCUT2D eigenvalue weighted by atomic mass is 19.1. The van der Waals surface area contributed by atoms with E-state index in [0.29, 0.717) is 12.0 Å². The molecule has 1 aromatic rings. The lowest BCUT2D eigenvalue weighted by atomic mass is 9.80. The summed E-state index contributed by atoms with van der Waals surface area (Å²) in [5.74, 6) is -0.223. The second-order valence-electron chi connectivity index (χ2n) is 6.29. The number of benzene rings is 1. The number of aliphatic hydroxyl groups is 1. The molecule has 0 saturated carbocycles. The van der Waals surface area contributed by atoms with Gasteiger partial charge < -0.3 is 14.9 Å². The van der Waals surface area contributed by atoms with Gasteiger partial charge in [-0.1, -0.05) is 26.0 Å². The molecule has 21 heavy (non-hydrogen) atoms. The van der Waals surface area contributed by atoms with E-state index in [0.717, 1.165) is 32.7 Å². The average Bonchev–Trinajstić information content (AvgIpc) is 2.48. The van der Waals surface area contributed by atoms with Crippen LogP contribution in [0.5, 0.6) is 0 Å². The molecule has 3 nitrogen and oxygen atoms in total. The van der Waals surface area contributed by atoms with Gasteiger partial charge in [0.25, 0.3) is 0 Å². The molecule has 2 unspecified atom stereocenters. The smallest absolute Gasteiger partial charge is 0.123 e. The zero-order valence-corrected chi connectivity index (χ0v) is 13.3. The fourth-order valence-corrected chi connectivity index (χ4v) is 3.16. The van der Waals surface area contributed by atoms with Crippen LogP contribution in [0.15, 0.2) is 24.3 Å². The fourth-order valence-electron chi connectivity index (χ4n) is 3.16. The molecule has 0 amide bonds. The summed E-state index contributed by atoms with van der Waals surface area (Å²) in [6.45, 7) is 9.06. The highest BCUT2D eigenvalue weighted by molar-refractivity contribution is 5.24. The maximum atomic E-state index is 13.5. The highest BCUT2D eigenvalue weighted by Crippen LogP contribution is 2.34. The third-order valence-corrected chi connectivity index (χ3v) is 4.81. The first kappa shape index (κ1) is 16.4. The molecule has 4 heteroatoms. The number of likely N-dealkylation sites (N-methyl/N-ethyl adjacent to an activating group) is 1. The molecule has 1 aliphatic heterocycles. The van der Waals surface area contributed by atoms with Gasteiger partial charge in [-0.3, -0.25) is 0 Å². The standard InChI is InChI=1S/C17H27FN2O/c1-4-17(21,15-6-5-7-16(18)12-15)14(2)13-20-10-8-19(3)9-11-20/h5-7,12,14,21H,4,8-11,13H2,1-3H3. The number of rotatable bonds is 5. The van der Waals surface area contributed by atoms with Crippen LogP contribution in [-0.4, -0.2) is 54.7 Å². The molecule has 1 heterocycles. The first-order valence-electron chi connectivity index (χ1n) is 7.85. The van der Waals surface area contributed by atoms with Crippen molar-refractivity contribution in [3.63, 3.8) is 0 Å². The summed E-state index contributed by atoms with van der Waals surface area (Å²) < 4.78 is 13.5. The zero-order chi connectivity index (χ0) is 15.5. The molecule has 0 radical (unpaired) electrons. The summed E-state index contributed by atoms with van der Waals surface area (Å²) >= 11 is 0. The second kappa shape index (κ2) is 6.86. The van der Waals surface area contributed by atoms with E-state index in [4.69, 9.17) is 0 Å². The summed E-state index contributed by atoms with van der Waals surface area (Å²) in [5, 5.41) is 11.1. The van der Waals surface area contributed by atoms with Crippen LogP contribution >= 0.6 is 0 Å². The maximum Gasteiger partial charge on any atom is 0.123 e. The van der Waals surface area contributed by atoms with Crippen LogP contribution in [-0.2, 0) is 5.60 Å². The van der Waals surface area contributed by atoms with Crippen LogP contribution in [0.25, 0.3) is 0 Å². The molecule has 0 aromatic heterocycles. The first-order valence-corrected chi connectivity index (χ1v) is 7.85. The van der Waals surface area contributed by atoms with Crippen molar-refractivity contribution >= 4 is 0 Å². The number of piperazine rings is 1. The fraction of sp³-hybridized carbons (Fsp3) is 0.647. The van der Waals surface area contributed by atoms with E-state index in [-0.39, 0.29) is 11.7 Å². The minimum absolute atomic E-state index is 0.0627. The Hall–Kier alpha value is -0.970. The summed E-state index contributed by atoms with van der Waals surface area (Å²) in [7, 11) is 2.13. The summed E-state index contributed by atoms with van der Waals surface area (Å²) in [5.41, 5.74) is -0.280. The Morgan fingerprint density at radius 3 is 2.52 bits per heavy atom. The molecule has 1 aromatic carbocycles. The lowest BCUT2D eigenvalue weighted by Crippen LogP contribution is -2.48. The Morgan fingerprint density at radius 1 is 1.29 bits per heavy atom. The molecule has 0 bridgehead atoms. The van der Waals surface area contributed by atoms with Gasteiger partial charge in [-0.15, -0.1) is 0 Å². The first-order chi connectivity index (χ1) is 9.95. The Balaban J connectivity index is 2.08. The number of nitrogens with zero attached hydrogens (tertiary/aromatic N) is 2. The summed E-state index contributed by atoms with van der Waals surface area (Å²) in [6, 6.07) is 6.38. The van der Waals surface area contributed by atoms with Crippen molar-refractivity contribution in [3.8, 4) is 0 Å². The molecule has 118 valence electrons. The molecular formula is C17H27FN2O. The number of halogens is 1.